The van der Waals surface area contributed by atoms with Crippen LogP contribution >= 0.6 is 0 Å². The summed E-state index contributed by atoms with van der Waals surface area (Å²) in [5, 5.41) is 20.2. The summed E-state index contributed by atoms with van der Waals surface area (Å²) in [5.74, 6) is 8.52. The number of nitrogens with zero attached hydrogens (tertiary/aromatic N) is 3. The summed E-state index contributed by atoms with van der Waals surface area (Å²) in [6.07, 6.45) is 9.00. The second-order valence-electron chi connectivity index (χ2n) is 16.7. The minimum Gasteiger partial charge on any atom is -0.377 e. The Bertz CT molecular complexity index is 1990. The number of hydrogen-bond acceptors (Lipinski definition) is 6. The zero-order chi connectivity index (χ0) is 35.5. The number of aromatic amines is 1. The maximum Gasteiger partial charge on any atom is 0.272 e. The van der Waals surface area contributed by atoms with Crippen molar-refractivity contribution < 1.29 is 19.1 Å². The lowest BCUT2D eigenvalue weighted by atomic mass is 9.44. The Morgan fingerprint density at radius 1 is 0.980 bits per heavy atom. The molecule has 1 amide bonds. The van der Waals surface area contributed by atoms with Crippen LogP contribution in [0.2, 0.25) is 0 Å². The minimum absolute atomic E-state index is 0.0369. The van der Waals surface area contributed by atoms with Crippen LogP contribution in [-0.2, 0) is 11.2 Å². The summed E-state index contributed by atoms with van der Waals surface area (Å²) in [4.78, 5) is 41.9. The molecule has 2 N–H and O–H groups in total. The standard InChI is InChI=1S/C42H49FN4O4/c1-40-16-12-29(48)26-28(40)9-10-32-34(40)13-17-41(2)35(32)14-18-42(41,51)15-5-19-46-20-22-47(23-21-46)39(50)33-24-27(8-11-36(33)43)25-37-30-6-3-4-7-31(30)38(49)45-44-37/h3-4,6-8,11,24,28,32,34-35,51H,9-10,12-14,16-23,25-26H2,1-2H3,(H,45,49)/t28-,32+,34-,35-,40-,41-,42-/m0/s1. The van der Waals surface area contributed by atoms with Gasteiger partial charge in [-0.3, -0.25) is 19.3 Å². The number of carbonyl (C=O) groups is 2. The topological polar surface area (TPSA) is 107 Å². The molecule has 0 spiro atoms. The van der Waals surface area contributed by atoms with Gasteiger partial charge in [0, 0.05) is 56.2 Å². The van der Waals surface area contributed by atoms with Gasteiger partial charge in [0.05, 0.1) is 23.2 Å². The van der Waals surface area contributed by atoms with Crippen LogP contribution in [0, 0.1) is 52.2 Å². The lowest BCUT2D eigenvalue weighted by Crippen LogP contribution is -2.56. The van der Waals surface area contributed by atoms with Crippen LogP contribution in [0.25, 0.3) is 10.8 Å². The summed E-state index contributed by atoms with van der Waals surface area (Å²) in [5.41, 5.74) is 0.194. The molecule has 8 rings (SSSR count). The first-order valence-electron chi connectivity index (χ1n) is 19.0. The second-order valence-corrected chi connectivity index (χ2v) is 16.7. The first-order chi connectivity index (χ1) is 24.5. The molecule has 9 heteroatoms. The lowest BCUT2D eigenvalue weighted by Gasteiger charge is -2.60. The summed E-state index contributed by atoms with van der Waals surface area (Å²) in [7, 11) is 0. The predicted molar refractivity (Wildman–Crippen MR) is 193 cm³/mol. The number of Topliss-reactive ketones (excluding diaryl/α,β-unsaturated/α-hetero) is 1. The van der Waals surface area contributed by atoms with E-state index in [-0.39, 0.29) is 27.9 Å². The van der Waals surface area contributed by atoms with E-state index in [2.05, 4.69) is 40.8 Å². The number of carbonyl (C=O) groups excluding carboxylic acids is 2. The van der Waals surface area contributed by atoms with Crippen molar-refractivity contribution in [3.05, 3.63) is 75.5 Å². The zero-order valence-electron chi connectivity index (χ0n) is 29.8. The molecule has 0 radical (unpaired) electrons. The molecule has 4 saturated carbocycles. The molecular formula is C42H49FN4O4. The highest BCUT2D eigenvalue weighted by Gasteiger charge is 2.64. The van der Waals surface area contributed by atoms with E-state index in [1.54, 1.807) is 29.2 Å². The molecule has 0 unspecified atom stereocenters. The fraction of sp³-hybridized carbons (Fsp3) is 0.571. The third kappa shape index (κ3) is 5.83. The first-order valence-corrected chi connectivity index (χ1v) is 19.0. The Balaban J connectivity index is 0.888. The van der Waals surface area contributed by atoms with Gasteiger partial charge < -0.3 is 10.0 Å². The Morgan fingerprint density at radius 2 is 1.75 bits per heavy atom. The molecule has 5 fully saturated rings. The van der Waals surface area contributed by atoms with Gasteiger partial charge in [0.2, 0.25) is 0 Å². The Labute approximate surface area is 299 Å². The van der Waals surface area contributed by atoms with E-state index in [0.717, 1.165) is 55.9 Å². The number of aliphatic hydroxyl groups is 1. The molecule has 1 aromatic heterocycles. The van der Waals surface area contributed by atoms with E-state index >= 15 is 4.39 Å². The van der Waals surface area contributed by atoms with Crippen molar-refractivity contribution in [2.75, 3.05) is 32.7 Å². The number of halogens is 1. The maximum absolute atomic E-state index is 15.0. The summed E-state index contributed by atoms with van der Waals surface area (Å²) in [6, 6.07) is 11.8. The SMILES string of the molecule is C[C@]12CCC(=O)C[C@@H]1CC[C@@H]1[C@@H]2CC[C@@]2(C)[C@H]1CC[C@@]2(O)C#CCN1CCN(C(=O)c2cc(Cc3n[nH]c(=O)c4ccccc34)ccc2F)CC1. The molecule has 1 saturated heterocycles. The van der Waals surface area contributed by atoms with Crippen molar-refractivity contribution >= 4 is 22.5 Å². The van der Waals surface area contributed by atoms with Crippen molar-refractivity contribution in [3.8, 4) is 11.8 Å². The Hall–Kier alpha value is -3.87. The van der Waals surface area contributed by atoms with Gasteiger partial charge in [-0.2, -0.15) is 5.10 Å². The van der Waals surface area contributed by atoms with Crippen molar-refractivity contribution in [1.29, 1.82) is 0 Å². The van der Waals surface area contributed by atoms with Gasteiger partial charge in [-0.15, -0.1) is 0 Å². The lowest BCUT2D eigenvalue weighted by molar-refractivity contribution is -0.147. The number of nitrogens with one attached hydrogen (secondary N) is 1. The molecule has 3 aromatic rings. The van der Waals surface area contributed by atoms with Gasteiger partial charge in [0.1, 0.15) is 17.2 Å². The van der Waals surface area contributed by atoms with E-state index in [4.69, 9.17) is 0 Å². The van der Waals surface area contributed by atoms with Crippen molar-refractivity contribution in [3.63, 3.8) is 0 Å². The third-order valence-electron chi connectivity index (χ3n) is 14.3. The molecule has 7 atom stereocenters. The fourth-order valence-corrected chi connectivity index (χ4v) is 11.2. The Morgan fingerprint density at radius 3 is 2.55 bits per heavy atom. The van der Waals surface area contributed by atoms with Crippen LogP contribution in [0.5, 0.6) is 0 Å². The van der Waals surface area contributed by atoms with Crippen LogP contribution in [0.4, 0.5) is 4.39 Å². The number of hydrogen-bond donors (Lipinski definition) is 2. The number of rotatable bonds is 4. The quantitative estimate of drug-likeness (QED) is 0.337. The number of piperazine rings is 1. The highest BCUT2D eigenvalue weighted by Crippen LogP contribution is 2.68. The van der Waals surface area contributed by atoms with E-state index < -0.39 is 11.4 Å². The van der Waals surface area contributed by atoms with Crippen molar-refractivity contribution in [2.45, 2.75) is 83.7 Å². The number of fused-ring (bicyclic) bond motifs is 6. The van der Waals surface area contributed by atoms with E-state index in [1.807, 2.05) is 12.1 Å². The molecule has 2 heterocycles. The maximum atomic E-state index is 15.0. The molecule has 2 aromatic carbocycles. The summed E-state index contributed by atoms with van der Waals surface area (Å²) >= 11 is 0. The van der Waals surface area contributed by atoms with Gasteiger partial charge >= 0.3 is 0 Å². The van der Waals surface area contributed by atoms with Gasteiger partial charge in [-0.25, -0.2) is 9.49 Å². The van der Waals surface area contributed by atoms with E-state index in [1.165, 1.54) is 12.5 Å². The van der Waals surface area contributed by atoms with Gasteiger partial charge in [-0.1, -0.05) is 50.0 Å². The normalized spacial score (nSPS) is 33.6. The molecule has 8 nitrogen and oxygen atoms in total. The third-order valence-corrected chi connectivity index (χ3v) is 14.3. The molecule has 268 valence electrons. The van der Waals surface area contributed by atoms with Gasteiger partial charge in [0.15, 0.2) is 0 Å². The predicted octanol–water partition coefficient (Wildman–Crippen LogP) is 5.76. The summed E-state index contributed by atoms with van der Waals surface area (Å²) < 4.78 is 15.0. The number of ketones is 1. The highest BCUT2D eigenvalue weighted by molar-refractivity contribution is 5.95. The highest BCUT2D eigenvalue weighted by atomic mass is 19.1. The first kappa shape index (κ1) is 34.2. The zero-order valence-corrected chi connectivity index (χ0v) is 29.8. The molecule has 51 heavy (non-hydrogen) atoms. The molecule has 1 aliphatic heterocycles. The molecule has 5 aliphatic rings. The minimum atomic E-state index is -1.000. The van der Waals surface area contributed by atoms with E-state index in [9.17, 15) is 19.5 Å². The number of amides is 1. The number of aromatic nitrogens is 2. The second kappa shape index (κ2) is 13.0. The van der Waals surface area contributed by atoms with Crippen LogP contribution in [-0.4, -0.2) is 75.1 Å². The van der Waals surface area contributed by atoms with Crippen LogP contribution in [0.15, 0.2) is 47.3 Å². The van der Waals surface area contributed by atoms with Gasteiger partial charge in [-0.05, 0) is 97.8 Å². The van der Waals surface area contributed by atoms with Gasteiger partial charge in [0.25, 0.3) is 11.5 Å². The average Bonchev–Trinajstić information content (AvgIpc) is 3.40. The molecule has 4 aliphatic carbocycles. The molecular weight excluding hydrogens is 643 g/mol. The largest absolute Gasteiger partial charge is 0.377 e. The van der Waals surface area contributed by atoms with Crippen LogP contribution in [0.3, 0.4) is 0 Å². The van der Waals surface area contributed by atoms with Crippen LogP contribution in [0.1, 0.15) is 93.3 Å². The fourth-order valence-electron chi connectivity index (χ4n) is 11.2. The summed E-state index contributed by atoms with van der Waals surface area (Å²) in [6.45, 7) is 7.45. The smallest absolute Gasteiger partial charge is 0.272 e. The van der Waals surface area contributed by atoms with Crippen molar-refractivity contribution in [2.24, 2.45) is 34.5 Å². The monoisotopic (exact) mass is 692 g/mol. The average molecular weight is 693 g/mol. The van der Waals surface area contributed by atoms with Crippen LogP contribution < -0.4 is 5.56 Å². The van der Waals surface area contributed by atoms with E-state index in [0.29, 0.717) is 86.1 Å². The number of benzene rings is 2. The molecule has 0 bridgehead atoms. The number of H-pyrrole nitrogens is 1. The Kier molecular flexibility index (Phi) is 8.70. The van der Waals surface area contributed by atoms with Crippen molar-refractivity contribution in [1.82, 2.24) is 20.0 Å².